The second-order valence-electron chi connectivity index (χ2n) is 4.63. The van der Waals surface area contributed by atoms with Crippen LogP contribution in [0, 0.1) is 6.92 Å². The van der Waals surface area contributed by atoms with Crippen molar-refractivity contribution >= 4 is 43.7 Å². The van der Waals surface area contributed by atoms with E-state index in [9.17, 15) is 0 Å². The van der Waals surface area contributed by atoms with Gasteiger partial charge in [0.05, 0.1) is 0 Å². The summed E-state index contributed by atoms with van der Waals surface area (Å²) in [5, 5.41) is 0. The van der Waals surface area contributed by atoms with Gasteiger partial charge >= 0.3 is 144 Å². The fourth-order valence-corrected chi connectivity index (χ4v) is 2.59. The number of nitrogens with zero attached hydrogens (tertiary/aromatic N) is 1. The molecule has 0 atom stereocenters. The third-order valence-corrected chi connectivity index (χ3v) is 4.41. The van der Waals surface area contributed by atoms with Gasteiger partial charge in [0.15, 0.2) is 0 Å². The first-order chi connectivity index (χ1) is 9.19. The van der Waals surface area contributed by atoms with Gasteiger partial charge in [-0.3, -0.25) is 0 Å². The topological polar surface area (TPSA) is 12.4 Å². The monoisotopic (exact) mass is 440 g/mol. The molecule has 1 aliphatic carbocycles. The summed E-state index contributed by atoms with van der Waals surface area (Å²) in [5.74, 6) is 0. The SMILES string of the molecule is Cc1cccc(C=NC2CCCCC2)c1[Se].[Cl][Zr][Cl]. The van der Waals surface area contributed by atoms with Crippen LogP contribution in [0.4, 0.5) is 0 Å². The fraction of sp³-hybridized carbons (Fsp3) is 0.500. The standard InChI is InChI=1S/C14H18NSe.2ClH.Zr/c1-11-6-5-7-12(14(11)16)10-15-13-8-3-2-4-9-13;;;/h5-7,10,13H,2-4,8-9H2,1H3;2*1H;/q;;;+2/p-2. The number of aryl methyl sites for hydroxylation is 1. The van der Waals surface area contributed by atoms with Crippen molar-refractivity contribution in [2.45, 2.75) is 45.1 Å². The van der Waals surface area contributed by atoms with E-state index in [0.717, 1.165) is 0 Å². The van der Waals surface area contributed by atoms with Crippen molar-refractivity contribution in [2.75, 3.05) is 0 Å². The molecule has 0 unspecified atom stereocenters. The van der Waals surface area contributed by atoms with Crippen molar-refractivity contribution in [3.8, 4) is 0 Å². The molecule has 0 heterocycles. The summed E-state index contributed by atoms with van der Waals surface area (Å²) in [6.07, 6.45) is 8.68. The van der Waals surface area contributed by atoms with Gasteiger partial charge in [-0.2, -0.15) is 0 Å². The van der Waals surface area contributed by atoms with Crippen molar-refractivity contribution < 1.29 is 20.8 Å². The zero-order valence-corrected chi connectivity index (χ0v) is 16.7. The normalized spacial score (nSPS) is 15.9. The minimum absolute atomic E-state index is 0.564. The van der Waals surface area contributed by atoms with E-state index in [1.807, 2.05) is 0 Å². The summed E-state index contributed by atoms with van der Waals surface area (Å²) >= 11 is 2.31. The maximum atomic E-state index is 4.93. The quantitative estimate of drug-likeness (QED) is 0.488. The predicted octanol–water partition coefficient (Wildman–Crippen LogP) is 3.92. The average molecular weight is 441 g/mol. The van der Waals surface area contributed by atoms with Gasteiger partial charge in [-0.05, 0) is 0 Å². The third kappa shape index (κ3) is 6.92. The molecule has 1 aromatic carbocycles. The van der Waals surface area contributed by atoms with Gasteiger partial charge in [0.2, 0.25) is 0 Å². The van der Waals surface area contributed by atoms with Crippen molar-refractivity contribution in [2.24, 2.45) is 4.99 Å². The Balaban J connectivity index is 0.000000550. The molecule has 1 fully saturated rings. The molecule has 0 aromatic heterocycles. The first kappa shape index (κ1) is 17.9. The Morgan fingerprint density at radius 3 is 2.53 bits per heavy atom. The van der Waals surface area contributed by atoms with Crippen LogP contribution in [0.5, 0.6) is 0 Å². The number of benzene rings is 1. The molecule has 0 saturated heterocycles. The number of rotatable bonds is 2. The molecule has 0 aliphatic heterocycles. The molecular weight excluding hydrogens is 423 g/mol. The van der Waals surface area contributed by atoms with Crippen LogP contribution in [0.3, 0.4) is 0 Å². The Hall–Kier alpha value is 0.873. The summed E-state index contributed by atoms with van der Waals surface area (Å²) in [7, 11) is 9.87. The van der Waals surface area contributed by atoms with Gasteiger partial charge in [-0.1, -0.05) is 0 Å². The van der Waals surface area contributed by atoms with Crippen molar-refractivity contribution in [3.63, 3.8) is 0 Å². The molecule has 0 spiro atoms. The van der Waals surface area contributed by atoms with Crippen LogP contribution in [0.2, 0.25) is 0 Å². The molecule has 5 heteroatoms. The van der Waals surface area contributed by atoms with E-state index in [-0.39, 0.29) is 0 Å². The van der Waals surface area contributed by atoms with Crippen LogP contribution < -0.4 is 4.46 Å². The molecule has 19 heavy (non-hydrogen) atoms. The van der Waals surface area contributed by atoms with E-state index in [0.29, 0.717) is 6.04 Å². The Kier molecular flexibility index (Phi) is 9.98. The Bertz CT molecular complexity index is 406. The van der Waals surface area contributed by atoms with E-state index in [1.54, 1.807) is 0 Å². The summed E-state index contributed by atoms with van der Waals surface area (Å²) in [6.45, 7) is 2.13. The van der Waals surface area contributed by atoms with E-state index in [2.05, 4.69) is 47.4 Å². The first-order valence-electron chi connectivity index (χ1n) is 6.45. The van der Waals surface area contributed by atoms with Gasteiger partial charge in [-0.15, -0.1) is 0 Å². The zero-order valence-electron chi connectivity index (χ0n) is 11.0. The van der Waals surface area contributed by atoms with Gasteiger partial charge in [0.1, 0.15) is 0 Å². The summed E-state index contributed by atoms with van der Waals surface area (Å²) < 4.78 is 1.24. The zero-order chi connectivity index (χ0) is 14.1. The first-order valence-corrected chi connectivity index (χ1v) is 13.6. The van der Waals surface area contributed by atoms with Crippen molar-refractivity contribution in [1.82, 2.24) is 0 Å². The second-order valence-corrected chi connectivity index (χ2v) is 9.22. The van der Waals surface area contributed by atoms with Crippen LogP contribution in [-0.2, 0) is 20.8 Å². The minimum atomic E-state index is -0.826. The van der Waals surface area contributed by atoms with E-state index >= 15 is 0 Å². The molecule has 103 valence electrons. The Labute approximate surface area is 143 Å². The second kappa shape index (κ2) is 10.6. The van der Waals surface area contributed by atoms with Gasteiger partial charge in [0.25, 0.3) is 0 Å². The van der Waals surface area contributed by atoms with Crippen LogP contribution in [0.25, 0.3) is 0 Å². The van der Waals surface area contributed by atoms with Gasteiger partial charge in [-0.25, -0.2) is 0 Å². The predicted molar refractivity (Wildman–Crippen MR) is 82.7 cm³/mol. The van der Waals surface area contributed by atoms with Crippen LogP contribution in [-0.4, -0.2) is 28.3 Å². The molecule has 2 rings (SSSR count). The molecular formula is C14H18Cl2NSeZr. The van der Waals surface area contributed by atoms with Gasteiger partial charge < -0.3 is 0 Å². The van der Waals surface area contributed by atoms with Crippen LogP contribution in [0.1, 0.15) is 43.2 Å². The number of halogens is 2. The van der Waals surface area contributed by atoms with E-state index in [1.165, 1.54) is 47.7 Å². The Morgan fingerprint density at radius 1 is 1.26 bits per heavy atom. The number of aliphatic imine (C=N–C) groups is 1. The van der Waals surface area contributed by atoms with E-state index < -0.39 is 20.8 Å². The average Bonchev–Trinajstić information content (AvgIpc) is 2.43. The third-order valence-electron chi connectivity index (χ3n) is 3.24. The number of hydrogen-bond donors (Lipinski definition) is 0. The molecule has 1 saturated carbocycles. The molecule has 0 amide bonds. The molecule has 1 aromatic rings. The molecule has 1 radical (unpaired) electrons. The maximum absolute atomic E-state index is 4.93. The summed E-state index contributed by atoms with van der Waals surface area (Å²) in [5.41, 5.74) is 2.53. The summed E-state index contributed by atoms with van der Waals surface area (Å²) in [6, 6.07) is 6.92. The Morgan fingerprint density at radius 2 is 1.89 bits per heavy atom. The molecule has 1 aliphatic rings. The summed E-state index contributed by atoms with van der Waals surface area (Å²) in [4.78, 5) is 4.71. The van der Waals surface area contributed by atoms with Crippen LogP contribution >= 0.6 is 17.0 Å². The molecule has 0 bridgehead atoms. The van der Waals surface area contributed by atoms with E-state index in [4.69, 9.17) is 22.0 Å². The molecule has 0 N–H and O–H groups in total. The van der Waals surface area contributed by atoms with Crippen LogP contribution in [0.15, 0.2) is 23.2 Å². The molecule has 1 nitrogen and oxygen atoms in total. The number of hydrogen-bond acceptors (Lipinski definition) is 1. The van der Waals surface area contributed by atoms with Crippen molar-refractivity contribution in [3.05, 3.63) is 29.3 Å². The van der Waals surface area contributed by atoms with Gasteiger partial charge in [0, 0.05) is 0 Å². The van der Waals surface area contributed by atoms with Crippen molar-refractivity contribution in [1.29, 1.82) is 0 Å². The fourth-order valence-electron chi connectivity index (χ4n) is 2.19.